The Morgan fingerprint density at radius 2 is 1.91 bits per heavy atom. The Hall–Kier alpha value is -3.97. The number of hydrogen-bond donors (Lipinski definition) is 5. The van der Waals surface area contributed by atoms with E-state index in [4.69, 9.17) is 10.5 Å². The van der Waals surface area contributed by atoms with Crippen molar-refractivity contribution in [2.75, 3.05) is 17.8 Å². The molecule has 4 aromatic rings. The lowest BCUT2D eigenvalue weighted by molar-refractivity contribution is -0.0511. The molecule has 0 spiro atoms. The number of rotatable bonds is 6. The third-order valence-electron chi connectivity index (χ3n) is 5.49. The number of ether oxygens (including phenoxy) is 1. The van der Waals surface area contributed by atoms with Crippen molar-refractivity contribution >= 4 is 29.1 Å². The molecule has 174 valence electrons. The van der Waals surface area contributed by atoms with Gasteiger partial charge in [0.2, 0.25) is 5.95 Å². The third kappa shape index (κ3) is 4.06. The van der Waals surface area contributed by atoms with Gasteiger partial charge in [-0.3, -0.25) is 9.55 Å². The molecular formula is C22H22N8O4. The van der Waals surface area contributed by atoms with Gasteiger partial charge in [-0.15, -0.1) is 0 Å². The maximum absolute atomic E-state index is 10.3. The van der Waals surface area contributed by atoms with Crippen molar-refractivity contribution in [1.29, 1.82) is 0 Å². The van der Waals surface area contributed by atoms with Gasteiger partial charge in [0, 0.05) is 11.8 Å². The lowest BCUT2D eigenvalue weighted by Crippen LogP contribution is -2.33. The van der Waals surface area contributed by atoms with Gasteiger partial charge in [0.15, 0.2) is 17.7 Å². The van der Waals surface area contributed by atoms with E-state index in [1.165, 1.54) is 10.9 Å². The van der Waals surface area contributed by atoms with Crippen LogP contribution in [0, 0.1) is 0 Å². The molecule has 1 fully saturated rings. The van der Waals surface area contributed by atoms with Crippen molar-refractivity contribution in [2.24, 2.45) is 5.10 Å². The molecule has 1 saturated heterocycles. The summed E-state index contributed by atoms with van der Waals surface area (Å²) < 4.78 is 7.00. The summed E-state index contributed by atoms with van der Waals surface area (Å²) in [6.45, 7) is -0.442. The molecule has 12 nitrogen and oxygen atoms in total. The van der Waals surface area contributed by atoms with E-state index < -0.39 is 31.1 Å². The zero-order valence-electron chi connectivity index (χ0n) is 17.8. The fourth-order valence-electron chi connectivity index (χ4n) is 3.72. The molecule has 0 radical (unpaired) electrons. The lowest BCUT2D eigenvalue weighted by atomic mass is 10.1. The van der Waals surface area contributed by atoms with E-state index in [1.54, 1.807) is 12.4 Å². The number of aliphatic hydroxyl groups is 3. The molecule has 1 aliphatic rings. The highest BCUT2D eigenvalue weighted by Crippen LogP contribution is 2.32. The molecule has 0 saturated carbocycles. The van der Waals surface area contributed by atoms with Crippen LogP contribution in [0.5, 0.6) is 0 Å². The number of nitrogen functional groups attached to an aromatic ring is 1. The van der Waals surface area contributed by atoms with Crippen molar-refractivity contribution < 1.29 is 20.1 Å². The van der Waals surface area contributed by atoms with Gasteiger partial charge in [0.25, 0.3) is 0 Å². The van der Waals surface area contributed by atoms with Crippen molar-refractivity contribution in [3.8, 4) is 11.3 Å². The predicted molar refractivity (Wildman–Crippen MR) is 124 cm³/mol. The SMILES string of the molecule is Nc1nc(N/N=C/c2ccc(-c3ccccn3)cc2)nc2c1ncn2[C@@H]1O[C@H](CO)C(O)C1O. The second-order valence-corrected chi connectivity index (χ2v) is 7.69. The molecule has 0 aliphatic carbocycles. The fourth-order valence-corrected chi connectivity index (χ4v) is 3.72. The van der Waals surface area contributed by atoms with E-state index in [0.29, 0.717) is 5.52 Å². The van der Waals surface area contributed by atoms with Gasteiger partial charge in [0.05, 0.1) is 24.8 Å². The first kappa shape index (κ1) is 21.9. The van der Waals surface area contributed by atoms with E-state index >= 15 is 0 Å². The summed E-state index contributed by atoms with van der Waals surface area (Å²) in [4.78, 5) is 17.0. The Balaban J connectivity index is 1.34. The molecule has 4 atom stereocenters. The van der Waals surface area contributed by atoms with Crippen LogP contribution in [0.4, 0.5) is 11.8 Å². The van der Waals surface area contributed by atoms with Crippen LogP contribution in [0.2, 0.25) is 0 Å². The average Bonchev–Trinajstić information content (AvgIpc) is 3.41. The van der Waals surface area contributed by atoms with Crippen molar-refractivity contribution in [2.45, 2.75) is 24.5 Å². The number of aliphatic hydroxyl groups excluding tert-OH is 3. The van der Waals surface area contributed by atoms with E-state index in [1.807, 2.05) is 42.5 Å². The summed E-state index contributed by atoms with van der Waals surface area (Å²) >= 11 is 0. The topological polar surface area (TPSA) is 177 Å². The van der Waals surface area contributed by atoms with Crippen LogP contribution in [0.25, 0.3) is 22.4 Å². The average molecular weight is 462 g/mol. The van der Waals surface area contributed by atoms with Crippen LogP contribution in [-0.2, 0) is 4.74 Å². The number of nitrogens with zero attached hydrogens (tertiary/aromatic N) is 6. The Labute approximate surface area is 193 Å². The van der Waals surface area contributed by atoms with Crippen molar-refractivity contribution in [3.05, 3.63) is 60.6 Å². The first-order valence-electron chi connectivity index (χ1n) is 10.5. The predicted octanol–water partition coefficient (Wildman–Crippen LogP) is 0.528. The maximum Gasteiger partial charge on any atom is 0.247 e. The van der Waals surface area contributed by atoms with E-state index in [2.05, 4.69) is 30.5 Å². The van der Waals surface area contributed by atoms with Crippen molar-refractivity contribution in [3.63, 3.8) is 0 Å². The van der Waals surface area contributed by atoms with Gasteiger partial charge >= 0.3 is 0 Å². The number of fused-ring (bicyclic) bond motifs is 1. The Kier molecular flexibility index (Phi) is 5.86. The maximum atomic E-state index is 10.3. The van der Waals surface area contributed by atoms with Gasteiger partial charge in [0.1, 0.15) is 23.8 Å². The van der Waals surface area contributed by atoms with E-state index in [0.717, 1.165) is 16.8 Å². The van der Waals surface area contributed by atoms with Crippen LogP contribution in [-0.4, -0.2) is 71.0 Å². The zero-order chi connectivity index (χ0) is 23.7. The number of hydrogen-bond acceptors (Lipinski definition) is 11. The number of pyridine rings is 1. The summed E-state index contributed by atoms with van der Waals surface area (Å²) in [6.07, 6.45) is 0.271. The molecule has 1 aliphatic heterocycles. The van der Waals surface area contributed by atoms with Crippen LogP contribution >= 0.6 is 0 Å². The number of nitrogens with two attached hydrogens (primary N) is 1. The number of anilines is 2. The van der Waals surface area contributed by atoms with Gasteiger partial charge in [-0.2, -0.15) is 15.1 Å². The fraction of sp³-hybridized carbons (Fsp3) is 0.227. The summed E-state index contributed by atoms with van der Waals surface area (Å²) in [5.41, 5.74) is 12.1. The standard InChI is InChI=1S/C22H22N8O4/c23-19-16-20(30(11-25-16)21-18(33)17(32)15(10-31)34-21)28-22(27-19)29-26-9-12-4-6-13(7-5-12)14-3-1-2-8-24-14/h1-9,11,15,17-18,21,31-33H,10H2,(H3,23,27,28,29)/b26-9+/t15-,17?,18?,21-/m1/s1. The molecule has 0 amide bonds. The second-order valence-electron chi connectivity index (χ2n) is 7.69. The first-order chi connectivity index (χ1) is 16.5. The Morgan fingerprint density at radius 3 is 2.62 bits per heavy atom. The van der Waals surface area contributed by atoms with E-state index in [9.17, 15) is 15.3 Å². The highest BCUT2D eigenvalue weighted by Gasteiger charge is 2.44. The summed E-state index contributed by atoms with van der Waals surface area (Å²) in [6, 6.07) is 13.5. The molecule has 5 rings (SSSR count). The minimum Gasteiger partial charge on any atom is -0.394 e. The molecular weight excluding hydrogens is 440 g/mol. The van der Waals surface area contributed by atoms with E-state index in [-0.39, 0.29) is 17.4 Å². The van der Waals surface area contributed by atoms with Crippen LogP contribution in [0.15, 0.2) is 60.1 Å². The van der Waals surface area contributed by atoms with Crippen LogP contribution in [0.3, 0.4) is 0 Å². The molecule has 34 heavy (non-hydrogen) atoms. The summed E-state index contributed by atoms with van der Waals surface area (Å²) in [5.74, 6) is 0.216. The van der Waals surface area contributed by atoms with Crippen LogP contribution in [0.1, 0.15) is 11.8 Å². The first-order valence-corrected chi connectivity index (χ1v) is 10.5. The molecule has 3 aromatic heterocycles. The normalized spacial score (nSPS) is 22.6. The monoisotopic (exact) mass is 462 g/mol. The van der Waals surface area contributed by atoms with Crippen LogP contribution < -0.4 is 11.2 Å². The minimum absolute atomic E-state index is 0.105. The molecule has 4 heterocycles. The molecule has 12 heteroatoms. The second kappa shape index (κ2) is 9.11. The number of imidazole rings is 1. The smallest absolute Gasteiger partial charge is 0.247 e. The molecule has 6 N–H and O–H groups in total. The number of benzene rings is 1. The Bertz CT molecular complexity index is 1310. The molecule has 1 aromatic carbocycles. The number of hydrazone groups is 1. The van der Waals surface area contributed by atoms with Gasteiger partial charge in [-0.1, -0.05) is 30.3 Å². The highest BCUT2D eigenvalue weighted by atomic mass is 16.6. The largest absolute Gasteiger partial charge is 0.394 e. The lowest BCUT2D eigenvalue weighted by Gasteiger charge is -2.16. The summed E-state index contributed by atoms with van der Waals surface area (Å²) in [7, 11) is 0. The quantitative estimate of drug-likeness (QED) is 0.201. The number of nitrogens with one attached hydrogen (secondary N) is 1. The van der Waals surface area contributed by atoms with Gasteiger partial charge < -0.3 is 25.8 Å². The molecule has 2 unspecified atom stereocenters. The minimum atomic E-state index is -1.28. The van der Waals surface area contributed by atoms with Gasteiger partial charge in [-0.05, 0) is 17.7 Å². The number of aromatic nitrogens is 5. The molecule has 0 bridgehead atoms. The third-order valence-corrected chi connectivity index (χ3v) is 5.49. The zero-order valence-corrected chi connectivity index (χ0v) is 17.8. The Morgan fingerprint density at radius 1 is 1.09 bits per heavy atom. The van der Waals surface area contributed by atoms with Gasteiger partial charge in [-0.25, -0.2) is 10.4 Å². The van der Waals surface area contributed by atoms with Crippen molar-refractivity contribution in [1.82, 2.24) is 24.5 Å². The summed E-state index contributed by atoms with van der Waals surface area (Å²) in [5, 5.41) is 33.9. The highest BCUT2D eigenvalue weighted by molar-refractivity contribution is 5.84.